The molecule has 3 aromatic rings. The molecule has 0 saturated carbocycles. The highest BCUT2D eigenvalue weighted by Gasteiger charge is 2.47. The first-order valence-corrected chi connectivity index (χ1v) is 11.9. The molecule has 1 fully saturated rings. The van der Waals surface area contributed by atoms with Gasteiger partial charge in [0.25, 0.3) is 0 Å². The number of ether oxygens (including phenoxy) is 1. The molecule has 2 unspecified atom stereocenters. The van der Waals surface area contributed by atoms with Crippen LogP contribution in [0, 0.1) is 12.8 Å². The van der Waals surface area contributed by atoms with Crippen molar-refractivity contribution in [2.45, 2.75) is 46.0 Å². The summed E-state index contributed by atoms with van der Waals surface area (Å²) in [5.41, 5.74) is 4.11. The molecular weight excluding hydrogens is 456 g/mol. The van der Waals surface area contributed by atoms with Crippen LogP contribution in [0.3, 0.4) is 0 Å². The average molecular weight is 487 g/mol. The van der Waals surface area contributed by atoms with E-state index in [9.17, 15) is 14.4 Å². The Morgan fingerprint density at radius 1 is 1.06 bits per heavy atom. The molecule has 1 aromatic heterocycles. The molecule has 1 aliphatic heterocycles. The molecule has 1 aliphatic rings. The number of pyridine rings is 1. The summed E-state index contributed by atoms with van der Waals surface area (Å²) in [7, 11) is 0. The number of anilines is 1. The zero-order valence-corrected chi connectivity index (χ0v) is 20.6. The Morgan fingerprint density at radius 3 is 2.47 bits per heavy atom. The largest absolute Gasteiger partial charge is 0.438 e. The third kappa shape index (κ3) is 5.71. The highest BCUT2D eigenvalue weighted by atomic mass is 16.6. The molecule has 8 heteroatoms. The summed E-state index contributed by atoms with van der Waals surface area (Å²) in [6, 6.07) is 17.6. The van der Waals surface area contributed by atoms with E-state index < -0.39 is 18.2 Å². The van der Waals surface area contributed by atoms with Crippen LogP contribution in [-0.4, -0.2) is 33.8 Å². The number of carbonyl (C=O) groups is 3. The van der Waals surface area contributed by atoms with Crippen LogP contribution in [0.1, 0.15) is 42.2 Å². The van der Waals surface area contributed by atoms with Crippen molar-refractivity contribution in [2.75, 3.05) is 5.32 Å². The van der Waals surface area contributed by atoms with E-state index in [2.05, 4.69) is 15.6 Å². The van der Waals surface area contributed by atoms with Gasteiger partial charge in [-0.15, -0.1) is 0 Å². The van der Waals surface area contributed by atoms with Gasteiger partial charge in [0, 0.05) is 30.5 Å². The molecule has 3 amide bonds. The molecule has 1 saturated heterocycles. The van der Waals surface area contributed by atoms with Gasteiger partial charge >= 0.3 is 6.09 Å². The van der Waals surface area contributed by atoms with Gasteiger partial charge in [-0.2, -0.15) is 0 Å². The van der Waals surface area contributed by atoms with E-state index in [1.165, 1.54) is 4.90 Å². The summed E-state index contributed by atoms with van der Waals surface area (Å²) in [5.74, 6) is -0.559. The number of aryl methyl sites for hydroxylation is 1. The third-order valence-electron chi connectivity index (χ3n) is 6.18. The number of nitrogens with one attached hydrogen (secondary N) is 2. The van der Waals surface area contributed by atoms with Crippen molar-refractivity contribution in [3.05, 3.63) is 95.3 Å². The Morgan fingerprint density at radius 2 is 1.81 bits per heavy atom. The standard InChI is InChI=1S/C28H30N4O4/c1-18(2)26(33)31-23-12-10-21(11-13-23)25-24(27(34)30-16-20-8-6-14-29-15-20)32(28(35)36-25)17-22-9-5-4-7-19(22)3/h4-15,18,24-25H,16-17H2,1-3H3,(H,30,34)(H,31,33). The van der Waals surface area contributed by atoms with E-state index in [0.29, 0.717) is 11.3 Å². The Kier molecular flexibility index (Phi) is 7.63. The SMILES string of the molecule is Cc1ccccc1CN1C(=O)OC(c2ccc(NC(=O)C(C)C)cc2)C1C(=O)NCc1cccnc1. The van der Waals surface area contributed by atoms with Crippen LogP contribution < -0.4 is 10.6 Å². The number of nitrogens with zero attached hydrogens (tertiary/aromatic N) is 2. The molecule has 2 aromatic carbocycles. The summed E-state index contributed by atoms with van der Waals surface area (Å²) >= 11 is 0. The third-order valence-corrected chi connectivity index (χ3v) is 6.18. The van der Waals surface area contributed by atoms with Gasteiger partial charge in [0.1, 0.15) is 0 Å². The number of rotatable bonds is 8. The quantitative estimate of drug-likeness (QED) is 0.493. The van der Waals surface area contributed by atoms with Crippen molar-refractivity contribution in [3.63, 3.8) is 0 Å². The zero-order chi connectivity index (χ0) is 25.7. The minimum absolute atomic E-state index is 0.0906. The smallest absolute Gasteiger partial charge is 0.411 e. The van der Waals surface area contributed by atoms with Crippen molar-refractivity contribution in [2.24, 2.45) is 5.92 Å². The summed E-state index contributed by atoms with van der Waals surface area (Å²) in [6.45, 7) is 6.13. The minimum atomic E-state index is -0.870. The highest BCUT2D eigenvalue weighted by Crippen LogP contribution is 2.35. The summed E-state index contributed by atoms with van der Waals surface area (Å²) in [6.07, 6.45) is 2.00. The lowest BCUT2D eigenvalue weighted by Gasteiger charge is -2.25. The van der Waals surface area contributed by atoms with Crippen molar-refractivity contribution < 1.29 is 19.1 Å². The maximum absolute atomic E-state index is 13.5. The zero-order valence-electron chi connectivity index (χ0n) is 20.6. The molecule has 4 rings (SSSR count). The van der Waals surface area contributed by atoms with Crippen LogP contribution in [0.15, 0.2) is 73.1 Å². The summed E-state index contributed by atoms with van der Waals surface area (Å²) in [5, 5.41) is 5.78. The second-order valence-corrected chi connectivity index (χ2v) is 9.15. The van der Waals surface area contributed by atoms with E-state index >= 15 is 0 Å². The molecule has 36 heavy (non-hydrogen) atoms. The second kappa shape index (κ2) is 11.0. The molecular formula is C28H30N4O4. The van der Waals surface area contributed by atoms with Crippen LogP contribution in [0.5, 0.6) is 0 Å². The van der Waals surface area contributed by atoms with Gasteiger partial charge in [-0.3, -0.25) is 19.5 Å². The van der Waals surface area contributed by atoms with Gasteiger partial charge in [0.15, 0.2) is 12.1 Å². The summed E-state index contributed by atoms with van der Waals surface area (Å²) < 4.78 is 5.74. The first-order valence-electron chi connectivity index (χ1n) is 11.9. The molecule has 2 heterocycles. The molecule has 0 bridgehead atoms. The number of hydrogen-bond acceptors (Lipinski definition) is 5. The predicted molar refractivity (Wildman–Crippen MR) is 136 cm³/mol. The first kappa shape index (κ1) is 24.9. The van der Waals surface area contributed by atoms with E-state index in [1.807, 2.05) is 51.1 Å². The van der Waals surface area contributed by atoms with Gasteiger partial charge in [-0.05, 0) is 47.4 Å². The lowest BCUT2D eigenvalue weighted by Crippen LogP contribution is -2.46. The van der Waals surface area contributed by atoms with Gasteiger partial charge in [-0.1, -0.05) is 56.3 Å². The molecule has 0 radical (unpaired) electrons. The lowest BCUT2D eigenvalue weighted by atomic mass is 9.99. The number of cyclic esters (lactones) is 1. The molecule has 0 aliphatic carbocycles. The number of amides is 3. The van der Waals surface area contributed by atoms with Crippen molar-refractivity contribution in [3.8, 4) is 0 Å². The Labute approximate surface area is 210 Å². The number of aromatic nitrogens is 1. The maximum atomic E-state index is 13.5. The van der Waals surface area contributed by atoms with Crippen molar-refractivity contribution in [1.29, 1.82) is 0 Å². The van der Waals surface area contributed by atoms with Crippen LogP contribution in [0.25, 0.3) is 0 Å². The van der Waals surface area contributed by atoms with E-state index in [4.69, 9.17) is 4.74 Å². The van der Waals surface area contributed by atoms with Gasteiger partial charge < -0.3 is 15.4 Å². The van der Waals surface area contributed by atoms with Gasteiger partial charge in [0.2, 0.25) is 11.8 Å². The number of carbonyl (C=O) groups excluding carboxylic acids is 3. The van der Waals surface area contributed by atoms with Crippen LogP contribution in [0.4, 0.5) is 10.5 Å². The number of hydrogen-bond donors (Lipinski definition) is 2. The second-order valence-electron chi connectivity index (χ2n) is 9.15. The molecule has 2 atom stereocenters. The maximum Gasteiger partial charge on any atom is 0.411 e. The summed E-state index contributed by atoms with van der Waals surface area (Å²) in [4.78, 5) is 44.0. The normalized spacial score (nSPS) is 17.1. The van der Waals surface area contributed by atoms with Crippen LogP contribution in [0.2, 0.25) is 0 Å². The van der Waals surface area contributed by atoms with E-state index in [0.717, 1.165) is 16.7 Å². The molecule has 0 spiro atoms. The van der Waals surface area contributed by atoms with Crippen molar-refractivity contribution >= 4 is 23.6 Å². The van der Waals surface area contributed by atoms with Crippen LogP contribution in [-0.2, 0) is 27.4 Å². The Hall–Kier alpha value is -4.20. The lowest BCUT2D eigenvalue weighted by molar-refractivity contribution is -0.126. The van der Waals surface area contributed by atoms with E-state index in [1.54, 1.807) is 42.7 Å². The number of benzene rings is 2. The Bertz CT molecular complexity index is 1230. The van der Waals surface area contributed by atoms with Crippen LogP contribution >= 0.6 is 0 Å². The molecule has 2 N–H and O–H groups in total. The van der Waals surface area contributed by atoms with Gasteiger partial charge in [-0.25, -0.2) is 4.79 Å². The molecule has 186 valence electrons. The topological polar surface area (TPSA) is 101 Å². The monoisotopic (exact) mass is 486 g/mol. The predicted octanol–water partition coefficient (Wildman–Crippen LogP) is 4.36. The Balaban J connectivity index is 1.59. The fraction of sp³-hybridized carbons (Fsp3) is 0.286. The molecule has 8 nitrogen and oxygen atoms in total. The fourth-order valence-corrected chi connectivity index (χ4v) is 4.02. The minimum Gasteiger partial charge on any atom is -0.438 e. The van der Waals surface area contributed by atoms with Crippen molar-refractivity contribution in [1.82, 2.24) is 15.2 Å². The van der Waals surface area contributed by atoms with E-state index in [-0.39, 0.29) is 30.8 Å². The fourth-order valence-electron chi connectivity index (χ4n) is 4.02. The average Bonchev–Trinajstić information content (AvgIpc) is 3.20. The first-order chi connectivity index (χ1) is 17.3. The highest BCUT2D eigenvalue weighted by molar-refractivity contribution is 5.92. The van der Waals surface area contributed by atoms with Gasteiger partial charge in [0.05, 0.1) is 6.54 Å².